The normalized spacial score (nSPS) is 10.2. The van der Waals surface area contributed by atoms with Gasteiger partial charge in [-0.2, -0.15) is 0 Å². The molecular formula is C19H21. The Morgan fingerprint density at radius 1 is 0.789 bits per heavy atom. The smallest absolute Gasteiger partial charge is 0.00638 e. The third-order valence-electron chi connectivity index (χ3n) is 3.19. The largest absolute Gasteiger partial charge is 0.0847 e. The fraction of sp³-hybridized carbons (Fsp3) is 0.211. The molecule has 1 radical (unpaired) electrons. The topological polar surface area (TPSA) is 0 Å². The molecular weight excluding hydrogens is 228 g/mol. The summed E-state index contributed by atoms with van der Waals surface area (Å²) in [5, 5.41) is 0. The molecule has 0 aromatic heterocycles. The molecule has 2 aromatic carbocycles. The molecule has 97 valence electrons. The highest BCUT2D eigenvalue weighted by atomic mass is 14.1. The molecule has 0 nitrogen and oxygen atoms in total. The van der Waals surface area contributed by atoms with E-state index < -0.39 is 0 Å². The van der Waals surface area contributed by atoms with E-state index in [4.69, 9.17) is 0 Å². The van der Waals surface area contributed by atoms with Crippen LogP contribution >= 0.6 is 0 Å². The first-order chi connectivity index (χ1) is 9.38. The summed E-state index contributed by atoms with van der Waals surface area (Å²) in [5.41, 5.74) is 4.25. The second-order valence-corrected chi connectivity index (χ2v) is 4.83. The Morgan fingerprint density at radius 2 is 1.26 bits per heavy atom. The van der Waals surface area contributed by atoms with Gasteiger partial charge >= 0.3 is 0 Å². The van der Waals surface area contributed by atoms with Gasteiger partial charge in [0.15, 0.2) is 0 Å². The molecule has 0 aliphatic heterocycles. The molecule has 0 spiro atoms. The first-order valence-corrected chi connectivity index (χ1v) is 6.93. The van der Waals surface area contributed by atoms with Crippen molar-refractivity contribution < 1.29 is 0 Å². The summed E-state index contributed by atoms with van der Waals surface area (Å²) in [5.74, 6) is 0. The predicted octanol–water partition coefficient (Wildman–Crippen LogP) is 5.01. The van der Waals surface area contributed by atoms with Gasteiger partial charge < -0.3 is 0 Å². The van der Waals surface area contributed by atoms with Gasteiger partial charge in [-0.15, -0.1) is 0 Å². The minimum atomic E-state index is 0.965. The van der Waals surface area contributed by atoms with E-state index in [1.807, 2.05) is 0 Å². The van der Waals surface area contributed by atoms with Crippen molar-refractivity contribution in [3.8, 4) is 0 Å². The van der Waals surface area contributed by atoms with Crippen LogP contribution < -0.4 is 0 Å². The van der Waals surface area contributed by atoms with E-state index >= 15 is 0 Å². The Kier molecular flexibility index (Phi) is 5.43. The van der Waals surface area contributed by atoms with Crippen LogP contribution in [0.1, 0.15) is 24.0 Å². The maximum atomic E-state index is 3.93. The molecule has 0 N–H and O–H groups in total. The molecule has 0 atom stereocenters. The highest BCUT2D eigenvalue weighted by Gasteiger charge is 2.01. The number of unbranched alkanes of at least 4 members (excludes halogenated alkanes) is 1. The Labute approximate surface area is 116 Å². The van der Waals surface area contributed by atoms with Gasteiger partial charge in [-0.3, -0.25) is 0 Å². The molecule has 0 aliphatic carbocycles. The number of hydrogen-bond donors (Lipinski definition) is 0. The molecule has 0 aliphatic rings. The van der Waals surface area contributed by atoms with Crippen LogP contribution in [0.3, 0.4) is 0 Å². The van der Waals surface area contributed by atoms with E-state index in [1.165, 1.54) is 16.7 Å². The van der Waals surface area contributed by atoms with Gasteiger partial charge in [0.1, 0.15) is 0 Å². The molecule has 2 rings (SSSR count). The monoisotopic (exact) mass is 249 g/mol. The highest BCUT2D eigenvalue weighted by Crippen LogP contribution is 2.15. The molecule has 0 saturated carbocycles. The van der Waals surface area contributed by atoms with Crippen LogP contribution in [0.15, 0.2) is 72.3 Å². The Morgan fingerprint density at radius 3 is 1.68 bits per heavy atom. The van der Waals surface area contributed by atoms with E-state index in [9.17, 15) is 0 Å². The lowest BCUT2D eigenvalue weighted by atomic mass is 9.97. The number of hydrogen-bond acceptors (Lipinski definition) is 0. The second-order valence-electron chi connectivity index (χ2n) is 4.83. The standard InChI is InChI=1S/C19H21/c1-2-3-10-19(15-17-11-6-4-7-12-17)16-18-13-8-5-9-14-18/h4-14H,1-3,15-16H2. The van der Waals surface area contributed by atoms with Gasteiger partial charge in [0, 0.05) is 0 Å². The Bertz CT molecular complexity index is 451. The maximum Gasteiger partial charge on any atom is -0.00638 e. The lowest BCUT2D eigenvalue weighted by molar-refractivity contribution is 0.967. The van der Waals surface area contributed by atoms with Gasteiger partial charge in [-0.1, -0.05) is 79.2 Å². The van der Waals surface area contributed by atoms with Crippen molar-refractivity contribution in [2.75, 3.05) is 0 Å². The van der Waals surface area contributed by atoms with E-state index in [1.54, 1.807) is 0 Å². The molecule has 0 bridgehead atoms. The average Bonchev–Trinajstić information content (AvgIpc) is 2.47. The number of allylic oxidation sites excluding steroid dienone is 2. The van der Waals surface area contributed by atoms with Crippen molar-refractivity contribution in [3.63, 3.8) is 0 Å². The van der Waals surface area contributed by atoms with Crippen LogP contribution in [0.25, 0.3) is 0 Å². The summed E-state index contributed by atoms with van der Waals surface area (Å²) in [7, 11) is 0. The minimum Gasteiger partial charge on any atom is -0.0847 e. The van der Waals surface area contributed by atoms with Gasteiger partial charge in [0.05, 0.1) is 0 Å². The third-order valence-corrected chi connectivity index (χ3v) is 3.19. The van der Waals surface area contributed by atoms with Crippen LogP contribution in [0.4, 0.5) is 0 Å². The predicted molar refractivity (Wildman–Crippen MR) is 83.0 cm³/mol. The molecule has 0 unspecified atom stereocenters. The summed E-state index contributed by atoms with van der Waals surface area (Å²) in [6.07, 6.45) is 6.46. The van der Waals surface area contributed by atoms with Crippen molar-refractivity contribution in [3.05, 3.63) is 90.4 Å². The van der Waals surface area contributed by atoms with Crippen LogP contribution in [0.2, 0.25) is 0 Å². The Hall–Kier alpha value is -1.82. The van der Waals surface area contributed by atoms with Crippen LogP contribution in [-0.4, -0.2) is 0 Å². The third kappa shape index (κ3) is 4.75. The zero-order chi connectivity index (χ0) is 13.3. The first-order valence-electron chi connectivity index (χ1n) is 6.93. The first kappa shape index (κ1) is 13.6. The zero-order valence-corrected chi connectivity index (χ0v) is 11.4. The molecule has 2 aromatic rings. The van der Waals surface area contributed by atoms with E-state index in [0.717, 1.165) is 25.7 Å². The molecule has 0 heteroatoms. The van der Waals surface area contributed by atoms with Crippen molar-refractivity contribution >= 4 is 0 Å². The fourth-order valence-corrected chi connectivity index (χ4v) is 2.23. The quantitative estimate of drug-likeness (QED) is 0.631. The van der Waals surface area contributed by atoms with Gasteiger partial charge in [0.25, 0.3) is 0 Å². The van der Waals surface area contributed by atoms with Crippen molar-refractivity contribution in [2.24, 2.45) is 0 Å². The number of benzene rings is 2. The van der Waals surface area contributed by atoms with E-state index in [0.29, 0.717) is 0 Å². The summed E-state index contributed by atoms with van der Waals surface area (Å²) in [6, 6.07) is 21.4. The molecule has 0 fully saturated rings. The number of rotatable bonds is 6. The Balaban J connectivity index is 2.08. The molecule has 0 amide bonds. The summed E-state index contributed by atoms with van der Waals surface area (Å²) >= 11 is 0. The van der Waals surface area contributed by atoms with E-state index in [-0.39, 0.29) is 0 Å². The minimum absolute atomic E-state index is 0.965. The molecule has 19 heavy (non-hydrogen) atoms. The average molecular weight is 249 g/mol. The SMILES string of the molecule is [CH2]CCC=C(Cc1ccccc1)Cc1ccccc1. The van der Waals surface area contributed by atoms with Crippen LogP contribution in [-0.2, 0) is 12.8 Å². The molecule has 0 heterocycles. The summed E-state index contributed by atoms with van der Waals surface area (Å²) in [4.78, 5) is 0. The van der Waals surface area contributed by atoms with Crippen molar-refractivity contribution in [1.29, 1.82) is 0 Å². The van der Waals surface area contributed by atoms with E-state index in [2.05, 4.69) is 73.7 Å². The highest BCUT2D eigenvalue weighted by molar-refractivity contribution is 5.27. The van der Waals surface area contributed by atoms with Gasteiger partial charge in [0.2, 0.25) is 0 Å². The molecule has 0 saturated heterocycles. The zero-order valence-electron chi connectivity index (χ0n) is 11.4. The van der Waals surface area contributed by atoms with Gasteiger partial charge in [-0.05, 0) is 36.8 Å². The lowest BCUT2D eigenvalue weighted by Gasteiger charge is -2.08. The van der Waals surface area contributed by atoms with Gasteiger partial charge in [-0.25, -0.2) is 0 Å². The second kappa shape index (κ2) is 7.58. The van der Waals surface area contributed by atoms with Crippen molar-refractivity contribution in [2.45, 2.75) is 25.7 Å². The fourth-order valence-electron chi connectivity index (χ4n) is 2.23. The summed E-state index contributed by atoms with van der Waals surface area (Å²) in [6.45, 7) is 3.93. The lowest BCUT2D eigenvalue weighted by Crippen LogP contribution is -1.96. The van der Waals surface area contributed by atoms with Crippen LogP contribution in [0, 0.1) is 6.92 Å². The van der Waals surface area contributed by atoms with Crippen LogP contribution in [0.5, 0.6) is 0 Å². The maximum absolute atomic E-state index is 3.93. The summed E-state index contributed by atoms with van der Waals surface area (Å²) < 4.78 is 0. The van der Waals surface area contributed by atoms with Crippen molar-refractivity contribution in [1.82, 2.24) is 0 Å².